The van der Waals surface area contributed by atoms with Gasteiger partial charge in [-0.2, -0.15) is 0 Å². The molecule has 0 atom stereocenters. The van der Waals surface area contributed by atoms with E-state index in [4.69, 9.17) is 22.1 Å². The molecule has 0 saturated carbocycles. The first-order valence-electron chi connectivity index (χ1n) is 5.60. The predicted octanol–water partition coefficient (Wildman–Crippen LogP) is 1.83. The van der Waals surface area contributed by atoms with E-state index >= 15 is 0 Å². The second-order valence-electron chi connectivity index (χ2n) is 3.77. The highest BCUT2D eigenvalue weighted by Gasteiger charge is 2.12. The number of nitrogens with two attached hydrogens (primary N) is 1. The van der Waals surface area contributed by atoms with Gasteiger partial charge < -0.3 is 15.6 Å². The van der Waals surface area contributed by atoms with E-state index in [1.54, 1.807) is 12.1 Å². The maximum absolute atomic E-state index is 9.98. The zero-order valence-corrected chi connectivity index (χ0v) is 11.0. The molecule has 0 aliphatic carbocycles. The molecule has 0 spiro atoms. The lowest BCUT2D eigenvalue weighted by molar-refractivity contribution is 0.281. The minimum atomic E-state index is 0.146. The summed E-state index contributed by atoms with van der Waals surface area (Å²) in [6, 6.07) is 3.35. The fraction of sp³-hybridized carbons (Fsp3) is 0.500. The summed E-state index contributed by atoms with van der Waals surface area (Å²) in [5, 5.41) is 10.5. The Morgan fingerprint density at radius 2 is 2.18 bits per heavy atom. The lowest BCUT2D eigenvalue weighted by Gasteiger charge is -2.20. The number of hydrogen-bond donors (Lipinski definition) is 2. The molecule has 0 aliphatic heterocycles. The first-order chi connectivity index (χ1) is 8.12. The third-order valence-corrected chi connectivity index (χ3v) is 2.84. The number of likely N-dealkylation sites (N-methyl/N-ethyl adjacent to an activating group) is 1. The van der Waals surface area contributed by atoms with Crippen LogP contribution >= 0.6 is 11.6 Å². The van der Waals surface area contributed by atoms with Crippen molar-refractivity contribution in [1.82, 2.24) is 4.90 Å². The van der Waals surface area contributed by atoms with E-state index in [1.165, 1.54) is 7.11 Å². The van der Waals surface area contributed by atoms with E-state index in [1.807, 2.05) is 0 Å². The third kappa shape index (κ3) is 3.77. The van der Waals surface area contributed by atoms with Crippen LogP contribution < -0.4 is 10.5 Å². The van der Waals surface area contributed by atoms with Crippen LogP contribution in [0.25, 0.3) is 0 Å². The van der Waals surface area contributed by atoms with Crippen LogP contribution in [0.15, 0.2) is 12.1 Å². The van der Waals surface area contributed by atoms with Gasteiger partial charge in [-0.05, 0) is 12.6 Å². The van der Waals surface area contributed by atoms with E-state index in [9.17, 15) is 5.11 Å². The van der Waals surface area contributed by atoms with Crippen LogP contribution in [0.2, 0.25) is 5.02 Å². The van der Waals surface area contributed by atoms with Crippen molar-refractivity contribution in [2.24, 2.45) is 5.73 Å². The fourth-order valence-electron chi connectivity index (χ4n) is 1.68. The zero-order chi connectivity index (χ0) is 12.8. The molecule has 0 aliphatic rings. The number of phenolic OH excluding ortho intramolecular Hbond substituents is 1. The maximum Gasteiger partial charge on any atom is 0.162 e. The van der Waals surface area contributed by atoms with Gasteiger partial charge >= 0.3 is 0 Å². The summed E-state index contributed by atoms with van der Waals surface area (Å²) in [5.41, 5.74) is 6.28. The van der Waals surface area contributed by atoms with Crippen molar-refractivity contribution in [1.29, 1.82) is 0 Å². The van der Waals surface area contributed by atoms with E-state index in [-0.39, 0.29) is 5.75 Å². The molecule has 0 radical (unpaired) electrons. The summed E-state index contributed by atoms with van der Waals surface area (Å²) in [6.07, 6.45) is 0. The van der Waals surface area contributed by atoms with Gasteiger partial charge in [0.1, 0.15) is 0 Å². The Morgan fingerprint density at radius 1 is 1.47 bits per heavy atom. The molecule has 4 nitrogen and oxygen atoms in total. The fourth-order valence-corrected chi connectivity index (χ4v) is 1.91. The number of ether oxygens (including phenoxy) is 1. The standard InChI is InChI=1S/C12H19ClN2O2/c1-3-15(5-4-14)8-9-6-10(13)7-11(17-2)12(9)16/h6-7,16H,3-5,8,14H2,1-2H3. The molecule has 96 valence electrons. The van der Waals surface area contributed by atoms with Crippen molar-refractivity contribution in [3.8, 4) is 11.5 Å². The zero-order valence-electron chi connectivity index (χ0n) is 10.2. The molecule has 0 bridgehead atoms. The van der Waals surface area contributed by atoms with Crippen molar-refractivity contribution in [3.05, 3.63) is 22.7 Å². The normalized spacial score (nSPS) is 10.9. The van der Waals surface area contributed by atoms with Crippen LogP contribution in [0, 0.1) is 0 Å². The molecule has 3 N–H and O–H groups in total. The van der Waals surface area contributed by atoms with Gasteiger partial charge in [0.2, 0.25) is 0 Å². The SMILES string of the molecule is CCN(CCN)Cc1cc(Cl)cc(OC)c1O. The monoisotopic (exact) mass is 258 g/mol. The summed E-state index contributed by atoms with van der Waals surface area (Å²) in [7, 11) is 1.51. The van der Waals surface area contributed by atoms with Gasteiger partial charge in [-0.15, -0.1) is 0 Å². The smallest absolute Gasteiger partial charge is 0.162 e. The number of benzene rings is 1. The van der Waals surface area contributed by atoms with Gasteiger partial charge in [0.05, 0.1) is 7.11 Å². The number of halogens is 1. The number of nitrogens with zero attached hydrogens (tertiary/aromatic N) is 1. The van der Waals surface area contributed by atoms with E-state index in [0.29, 0.717) is 23.9 Å². The van der Waals surface area contributed by atoms with E-state index in [2.05, 4.69) is 11.8 Å². The van der Waals surface area contributed by atoms with Crippen LogP contribution in [0.1, 0.15) is 12.5 Å². The number of rotatable bonds is 6. The minimum Gasteiger partial charge on any atom is -0.504 e. The number of aromatic hydroxyl groups is 1. The Balaban J connectivity index is 2.92. The Hall–Kier alpha value is -0.970. The molecule has 0 amide bonds. The van der Waals surface area contributed by atoms with Crippen LogP contribution in [0.4, 0.5) is 0 Å². The lowest BCUT2D eigenvalue weighted by atomic mass is 10.1. The summed E-state index contributed by atoms with van der Waals surface area (Å²) in [6.45, 7) is 4.90. The highest BCUT2D eigenvalue weighted by atomic mass is 35.5. The van der Waals surface area contributed by atoms with Gasteiger partial charge in [0.25, 0.3) is 0 Å². The molecule has 0 fully saturated rings. The van der Waals surface area contributed by atoms with Crippen molar-refractivity contribution in [2.45, 2.75) is 13.5 Å². The lowest BCUT2D eigenvalue weighted by Crippen LogP contribution is -2.28. The van der Waals surface area contributed by atoms with Crippen LogP contribution in [-0.4, -0.2) is 36.8 Å². The predicted molar refractivity (Wildman–Crippen MR) is 69.7 cm³/mol. The third-order valence-electron chi connectivity index (χ3n) is 2.63. The van der Waals surface area contributed by atoms with Crippen LogP contribution in [0.3, 0.4) is 0 Å². The average Bonchev–Trinajstić information content (AvgIpc) is 2.32. The second kappa shape index (κ2) is 6.69. The number of methoxy groups -OCH3 is 1. The Labute approximate surface area is 107 Å². The van der Waals surface area contributed by atoms with Crippen molar-refractivity contribution in [3.63, 3.8) is 0 Å². The van der Waals surface area contributed by atoms with Gasteiger partial charge in [0.15, 0.2) is 11.5 Å². The summed E-state index contributed by atoms with van der Waals surface area (Å²) < 4.78 is 5.06. The molecule has 0 unspecified atom stereocenters. The molecule has 17 heavy (non-hydrogen) atoms. The number of phenols is 1. The molecular weight excluding hydrogens is 240 g/mol. The van der Waals surface area contributed by atoms with Crippen molar-refractivity contribution < 1.29 is 9.84 Å². The molecule has 5 heteroatoms. The van der Waals surface area contributed by atoms with Crippen molar-refractivity contribution >= 4 is 11.6 Å². The van der Waals surface area contributed by atoms with Crippen LogP contribution in [-0.2, 0) is 6.54 Å². The highest BCUT2D eigenvalue weighted by Crippen LogP contribution is 2.34. The molecule has 1 rings (SSSR count). The Morgan fingerprint density at radius 3 is 2.71 bits per heavy atom. The van der Waals surface area contributed by atoms with Gasteiger partial charge in [0, 0.05) is 36.3 Å². The summed E-state index contributed by atoms with van der Waals surface area (Å²) in [5.74, 6) is 0.545. The molecule has 0 aromatic heterocycles. The quantitative estimate of drug-likeness (QED) is 0.817. The van der Waals surface area contributed by atoms with E-state index < -0.39 is 0 Å². The van der Waals surface area contributed by atoms with Gasteiger partial charge in [-0.1, -0.05) is 18.5 Å². The maximum atomic E-state index is 9.98. The van der Waals surface area contributed by atoms with E-state index in [0.717, 1.165) is 18.7 Å². The Bertz CT molecular complexity index is 372. The van der Waals surface area contributed by atoms with Gasteiger partial charge in [-0.25, -0.2) is 0 Å². The van der Waals surface area contributed by atoms with Crippen LogP contribution in [0.5, 0.6) is 11.5 Å². The molecular formula is C12H19ClN2O2. The highest BCUT2D eigenvalue weighted by molar-refractivity contribution is 6.30. The molecule has 1 aromatic carbocycles. The minimum absolute atomic E-state index is 0.146. The average molecular weight is 259 g/mol. The molecule has 0 heterocycles. The second-order valence-corrected chi connectivity index (χ2v) is 4.21. The molecule has 0 saturated heterocycles. The molecule has 1 aromatic rings. The van der Waals surface area contributed by atoms with Crippen molar-refractivity contribution in [2.75, 3.05) is 26.7 Å². The topological polar surface area (TPSA) is 58.7 Å². The summed E-state index contributed by atoms with van der Waals surface area (Å²) >= 11 is 5.97. The largest absolute Gasteiger partial charge is 0.504 e. The number of hydrogen-bond acceptors (Lipinski definition) is 4. The summed E-state index contributed by atoms with van der Waals surface area (Å²) in [4.78, 5) is 2.13. The first-order valence-corrected chi connectivity index (χ1v) is 5.98. The first kappa shape index (κ1) is 14.1. The Kier molecular flexibility index (Phi) is 5.55. The van der Waals surface area contributed by atoms with Gasteiger partial charge in [-0.3, -0.25) is 4.90 Å².